The van der Waals surface area contributed by atoms with E-state index in [0.29, 0.717) is 24.2 Å². The van der Waals surface area contributed by atoms with Crippen molar-refractivity contribution in [3.63, 3.8) is 0 Å². The molecule has 4 aromatic carbocycles. The molecule has 5 nitrogen and oxygen atoms in total. The zero-order chi connectivity index (χ0) is 25.5. The molecule has 1 amide bonds. The molecule has 0 saturated heterocycles. The number of hydrogen-bond acceptors (Lipinski definition) is 3. The second kappa shape index (κ2) is 11.2. The maximum Gasteiger partial charge on any atom is 0.251 e. The number of sulfonamides is 1. The van der Waals surface area contributed by atoms with Crippen LogP contribution in [0.5, 0.6) is 0 Å². The minimum Gasteiger partial charge on any atom is -0.352 e. The summed E-state index contributed by atoms with van der Waals surface area (Å²) in [6, 6.07) is 30.1. The van der Waals surface area contributed by atoms with Crippen LogP contribution in [0, 0.1) is 5.82 Å². The maximum atomic E-state index is 13.0. The van der Waals surface area contributed by atoms with Crippen molar-refractivity contribution in [3.8, 4) is 11.1 Å². The minimum absolute atomic E-state index is 0.134. The van der Waals surface area contributed by atoms with E-state index in [9.17, 15) is 17.6 Å². The zero-order valence-corrected chi connectivity index (χ0v) is 20.7. The second-order valence-electron chi connectivity index (χ2n) is 8.48. The number of hydrogen-bond donors (Lipinski definition) is 1. The number of halogens is 1. The van der Waals surface area contributed by atoms with Crippen LogP contribution in [-0.2, 0) is 23.0 Å². The van der Waals surface area contributed by atoms with Crippen LogP contribution < -0.4 is 9.62 Å². The van der Waals surface area contributed by atoms with Gasteiger partial charge in [0.05, 0.1) is 18.5 Å². The second-order valence-corrected chi connectivity index (χ2v) is 10.4. The van der Waals surface area contributed by atoms with Gasteiger partial charge in [-0.3, -0.25) is 9.10 Å². The highest BCUT2D eigenvalue weighted by molar-refractivity contribution is 7.92. The third-order valence-electron chi connectivity index (χ3n) is 5.81. The van der Waals surface area contributed by atoms with E-state index in [4.69, 9.17) is 0 Å². The molecule has 184 valence electrons. The molecular formula is C29H27FN2O3S. The lowest BCUT2D eigenvalue weighted by molar-refractivity contribution is 0.0954. The summed E-state index contributed by atoms with van der Waals surface area (Å²) >= 11 is 0. The fourth-order valence-corrected chi connectivity index (χ4v) is 4.83. The van der Waals surface area contributed by atoms with Crippen LogP contribution in [0.3, 0.4) is 0 Å². The van der Waals surface area contributed by atoms with Gasteiger partial charge in [0, 0.05) is 17.7 Å². The Labute approximate surface area is 211 Å². The molecule has 0 spiro atoms. The van der Waals surface area contributed by atoms with Crippen LogP contribution in [0.25, 0.3) is 11.1 Å². The smallest absolute Gasteiger partial charge is 0.251 e. The predicted octanol–water partition coefficient (Wildman–Crippen LogP) is 5.43. The molecule has 0 saturated carbocycles. The quantitative estimate of drug-likeness (QED) is 0.332. The lowest BCUT2D eigenvalue weighted by Crippen LogP contribution is -2.30. The van der Waals surface area contributed by atoms with Crippen molar-refractivity contribution in [2.24, 2.45) is 0 Å². The fraction of sp³-hybridized carbons (Fsp3) is 0.138. The number of anilines is 1. The molecule has 0 aromatic heterocycles. The van der Waals surface area contributed by atoms with E-state index >= 15 is 0 Å². The van der Waals surface area contributed by atoms with Crippen molar-refractivity contribution in [2.45, 2.75) is 13.0 Å². The molecule has 0 heterocycles. The average Bonchev–Trinajstić information content (AvgIpc) is 2.88. The van der Waals surface area contributed by atoms with E-state index in [1.165, 1.54) is 22.7 Å². The van der Waals surface area contributed by atoms with Crippen LogP contribution in [0.1, 0.15) is 21.5 Å². The Balaban J connectivity index is 1.47. The van der Waals surface area contributed by atoms with E-state index in [2.05, 4.69) is 5.32 Å². The molecule has 36 heavy (non-hydrogen) atoms. The van der Waals surface area contributed by atoms with Crippen molar-refractivity contribution < 1.29 is 17.6 Å². The molecule has 0 unspecified atom stereocenters. The summed E-state index contributed by atoms with van der Waals surface area (Å²) in [5.41, 5.74) is 4.51. The van der Waals surface area contributed by atoms with Gasteiger partial charge < -0.3 is 5.32 Å². The average molecular weight is 503 g/mol. The summed E-state index contributed by atoms with van der Waals surface area (Å²) in [7, 11) is -3.58. The SMILES string of the molecule is CS(=O)(=O)N(Cc1ccc(C(=O)NCCc2ccc(F)cc2)cc1)c1ccccc1-c1ccccc1. The summed E-state index contributed by atoms with van der Waals surface area (Å²) in [6.07, 6.45) is 1.78. The van der Waals surface area contributed by atoms with Crippen LogP contribution in [-0.4, -0.2) is 27.1 Å². The van der Waals surface area contributed by atoms with Gasteiger partial charge in [-0.2, -0.15) is 0 Å². The van der Waals surface area contributed by atoms with Gasteiger partial charge in [0.25, 0.3) is 5.91 Å². The highest BCUT2D eigenvalue weighted by atomic mass is 32.2. The van der Waals surface area contributed by atoms with Crippen molar-refractivity contribution in [2.75, 3.05) is 17.1 Å². The Morgan fingerprint density at radius 2 is 1.42 bits per heavy atom. The molecule has 0 aliphatic heterocycles. The van der Waals surface area contributed by atoms with Gasteiger partial charge in [-0.05, 0) is 53.4 Å². The van der Waals surface area contributed by atoms with Gasteiger partial charge in [-0.15, -0.1) is 0 Å². The normalized spacial score (nSPS) is 11.2. The number of carbonyl (C=O) groups is 1. The van der Waals surface area contributed by atoms with E-state index in [-0.39, 0.29) is 18.3 Å². The molecular weight excluding hydrogens is 475 g/mol. The molecule has 0 aliphatic carbocycles. The monoisotopic (exact) mass is 502 g/mol. The van der Waals surface area contributed by atoms with Gasteiger partial charge >= 0.3 is 0 Å². The first-order chi connectivity index (χ1) is 17.3. The van der Waals surface area contributed by atoms with E-state index < -0.39 is 10.0 Å². The molecule has 1 N–H and O–H groups in total. The molecule has 0 fully saturated rings. The Morgan fingerprint density at radius 1 is 0.806 bits per heavy atom. The Morgan fingerprint density at radius 3 is 2.08 bits per heavy atom. The summed E-state index contributed by atoms with van der Waals surface area (Å²) < 4.78 is 40.0. The van der Waals surface area contributed by atoms with Crippen LogP contribution >= 0.6 is 0 Å². The first kappa shape index (κ1) is 25.1. The third-order valence-corrected chi connectivity index (χ3v) is 6.94. The van der Waals surface area contributed by atoms with Gasteiger partial charge in [0.1, 0.15) is 5.82 Å². The van der Waals surface area contributed by atoms with Crippen molar-refractivity contribution in [1.82, 2.24) is 5.32 Å². The molecule has 0 radical (unpaired) electrons. The standard InChI is InChI=1S/C29H27FN2O3S/c1-36(34,35)32(28-10-6-5-9-27(28)24-7-3-2-4-8-24)21-23-11-15-25(16-12-23)29(33)31-20-19-22-13-17-26(30)18-14-22/h2-18H,19-21H2,1H3,(H,31,33). The van der Waals surface area contributed by atoms with Crippen molar-refractivity contribution >= 4 is 21.6 Å². The number of carbonyl (C=O) groups excluding carboxylic acids is 1. The molecule has 4 rings (SSSR count). The van der Waals surface area contributed by atoms with Gasteiger partial charge in [0.15, 0.2) is 0 Å². The van der Waals surface area contributed by atoms with Crippen LogP contribution in [0.15, 0.2) is 103 Å². The molecule has 7 heteroatoms. The zero-order valence-electron chi connectivity index (χ0n) is 19.9. The van der Waals surface area contributed by atoms with Gasteiger partial charge in [-0.1, -0.05) is 72.8 Å². The first-order valence-electron chi connectivity index (χ1n) is 11.5. The first-order valence-corrected chi connectivity index (χ1v) is 13.4. The largest absolute Gasteiger partial charge is 0.352 e. The molecule has 4 aromatic rings. The highest BCUT2D eigenvalue weighted by Gasteiger charge is 2.21. The predicted molar refractivity (Wildman–Crippen MR) is 142 cm³/mol. The topological polar surface area (TPSA) is 66.5 Å². The molecule has 0 aliphatic rings. The summed E-state index contributed by atoms with van der Waals surface area (Å²) in [5.74, 6) is -0.515. The lowest BCUT2D eigenvalue weighted by atomic mass is 10.0. The number of rotatable bonds is 9. The highest BCUT2D eigenvalue weighted by Crippen LogP contribution is 2.33. The van der Waals surface area contributed by atoms with E-state index in [0.717, 1.165) is 22.3 Å². The van der Waals surface area contributed by atoms with Crippen molar-refractivity contribution in [1.29, 1.82) is 0 Å². The van der Waals surface area contributed by atoms with Gasteiger partial charge in [-0.25, -0.2) is 12.8 Å². The lowest BCUT2D eigenvalue weighted by Gasteiger charge is -2.25. The van der Waals surface area contributed by atoms with Gasteiger partial charge in [0.2, 0.25) is 10.0 Å². The van der Waals surface area contributed by atoms with E-state index in [1.807, 2.05) is 48.5 Å². The summed E-state index contributed by atoms with van der Waals surface area (Å²) in [5, 5.41) is 2.86. The fourth-order valence-electron chi connectivity index (χ4n) is 3.93. The van der Waals surface area contributed by atoms with E-state index in [1.54, 1.807) is 42.5 Å². The summed E-state index contributed by atoms with van der Waals surface area (Å²) in [4.78, 5) is 12.5. The third kappa shape index (κ3) is 6.37. The number of nitrogens with one attached hydrogen (secondary N) is 1. The van der Waals surface area contributed by atoms with Crippen LogP contribution in [0.4, 0.5) is 10.1 Å². The Hall–Kier alpha value is -3.97. The summed E-state index contributed by atoms with van der Waals surface area (Å²) in [6.45, 7) is 0.555. The van der Waals surface area contributed by atoms with Crippen molar-refractivity contribution in [3.05, 3.63) is 126 Å². The maximum absolute atomic E-state index is 13.0. The number of amides is 1. The Bertz CT molecular complexity index is 1420. The minimum atomic E-state index is -3.58. The van der Waals surface area contributed by atoms with Crippen LogP contribution in [0.2, 0.25) is 0 Å². The number of benzene rings is 4. The molecule has 0 bridgehead atoms. The number of para-hydroxylation sites is 1. The molecule has 0 atom stereocenters. The Kier molecular flexibility index (Phi) is 7.80. The number of nitrogens with zero attached hydrogens (tertiary/aromatic N) is 1.